The summed E-state index contributed by atoms with van der Waals surface area (Å²) in [7, 11) is 2.56. The second-order valence-corrected chi connectivity index (χ2v) is 7.16. The first-order valence-corrected chi connectivity index (χ1v) is 9.29. The molecule has 0 amide bonds. The first-order valence-electron chi connectivity index (χ1n) is 9.29. The van der Waals surface area contributed by atoms with Crippen molar-refractivity contribution in [2.45, 2.75) is 59.0 Å². The van der Waals surface area contributed by atoms with E-state index in [1.54, 1.807) is 6.08 Å². The molecule has 6 nitrogen and oxygen atoms in total. The van der Waals surface area contributed by atoms with Crippen molar-refractivity contribution >= 4 is 11.9 Å². The van der Waals surface area contributed by atoms with Gasteiger partial charge in [0.25, 0.3) is 0 Å². The Morgan fingerprint density at radius 3 is 2.33 bits per heavy atom. The van der Waals surface area contributed by atoms with Gasteiger partial charge in [-0.1, -0.05) is 29.4 Å². The molecule has 0 radical (unpaired) electrons. The molecule has 0 heterocycles. The molecule has 0 aromatic carbocycles. The fourth-order valence-electron chi connectivity index (χ4n) is 3.28. The number of hydrogen-bond donors (Lipinski definition) is 1. The molecule has 0 saturated carbocycles. The first-order chi connectivity index (χ1) is 12.8. The number of ether oxygens (including phenoxy) is 2. The predicted molar refractivity (Wildman–Crippen MR) is 103 cm³/mol. The molecule has 152 valence electrons. The minimum Gasteiger partial charge on any atom is -0.469 e. The lowest BCUT2D eigenvalue weighted by atomic mass is 9.78. The molecule has 1 rings (SSSR count). The van der Waals surface area contributed by atoms with Crippen molar-refractivity contribution in [1.29, 1.82) is 0 Å². The molecule has 3 atom stereocenters. The average molecular weight is 380 g/mol. The summed E-state index contributed by atoms with van der Waals surface area (Å²) in [4.78, 5) is 28.7. The van der Waals surface area contributed by atoms with E-state index in [-0.39, 0.29) is 6.42 Å². The van der Waals surface area contributed by atoms with Crippen molar-refractivity contribution < 1.29 is 29.2 Å². The van der Waals surface area contributed by atoms with E-state index >= 15 is 0 Å². The van der Waals surface area contributed by atoms with Crippen LogP contribution in [0.2, 0.25) is 0 Å². The Labute approximate surface area is 161 Å². The third kappa shape index (κ3) is 7.31. The second-order valence-electron chi connectivity index (χ2n) is 7.16. The molecule has 0 aromatic heterocycles. The van der Waals surface area contributed by atoms with Gasteiger partial charge in [0.15, 0.2) is 0 Å². The maximum Gasteiger partial charge on any atom is 0.313 e. The average Bonchev–Trinajstić information content (AvgIpc) is 2.65. The third-order valence-electron chi connectivity index (χ3n) is 4.83. The molecule has 1 N–H and O–H groups in total. The molecule has 0 saturated heterocycles. The van der Waals surface area contributed by atoms with Crippen LogP contribution in [0.5, 0.6) is 0 Å². The van der Waals surface area contributed by atoms with Crippen LogP contribution in [0.3, 0.4) is 0 Å². The Bertz CT molecular complexity index is 598. The number of allylic oxidation sites excluding steroid dienone is 4. The van der Waals surface area contributed by atoms with Gasteiger partial charge in [-0.25, -0.2) is 4.89 Å². The van der Waals surface area contributed by atoms with Crippen LogP contribution >= 0.6 is 0 Å². The Morgan fingerprint density at radius 1 is 1.11 bits per heavy atom. The highest BCUT2D eigenvalue weighted by Gasteiger charge is 2.41. The second kappa shape index (κ2) is 11.7. The van der Waals surface area contributed by atoms with Gasteiger partial charge in [0.1, 0.15) is 6.10 Å². The minimum absolute atomic E-state index is 0.179. The maximum absolute atomic E-state index is 12.1. The minimum atomic E-state index is -0.732. The SMILES string of the molecule is COC(=O)C1C=C(CC/C=C(/C)CCC=C(C)C)C(OO)CC1C(=O)OC. The van der Waals surface area contributed by atoms with Crippen molar-refractivity contribution in [1.82, 2.24) is 0 Å². The fraction of sp³-hybridized carbons (Fsp3) is 0.619. The van der Waals surface area contributed by atoms with Crippen molar-refractivity contribution in [2.75, 3.05) is 14.2 Å². The predicted octanol–water partition coefficient (Wildman–Crippen LogP) is 4.23. The van der Waals surface area contributed by atoms with Crippen molar-refractivity contribution in [3.8, 4) is 0 Å². The van der Waals surface area contributed by atoms with Gasteiger partial charge in [-0.3, -0.25) is 14.8 Å². The van der Waals surface area contributed by atoms with Crippen LogP contribution in [-0.2, 0) is 24.0 Å². The first kappa shape index (κ1) is 23.1. The highest BCUT2D eigenvalue weighted by atomic mass is 17.1. The van der Waals surface area contributed by atoms with Crippen LogP contribution < -0.4 is 0 Å². The molecular weight excluding hydrogens is 348 g/mol. The van der Waals surface area contributed by atoms with Gasteiger partial charge in [-0.05, 0) is 58.4 Å². The molecule has 6 heteroatoms. The lowest BCUT2D eigenvalue weighted by molar-refractivity contribution is -0.274. The zero-order valence-corrected chi connectivity index (χ0v) is 17.0. The molecule has 0 aliphatic heterocycles. The van der Waals surface area contributed by atoms with Gasteiger partial charge in [0.2, 0.25) is 0 Å². The van der Waals surface area contributed by atoms with E-state index in [2.05, 4.69) is 37.8 Å². The molecular formula is C21H32O6. The van der Waals surface area contributed by atoms with Crippen LogP contribution in [0, 0.1) is 11.8 Å². The van der Waals surface area contributed by atoms with Crippen molar-refractivity contribution in [2.24, 2.45) is 11.8 Å². The summed E-state index contributed by atoms with van der Waals surface area (Å²) >= 11 is 0. The summed E-state index contributed by atoms with van der Waals surface area (Å²) in [6.07, 6.45) is 9.02. The van der Waals surface area contributed by atoms with Gasteiger partial charge in [0.05, 0.1) is 26.1 Å². The quantitative estimate of drug-likeness (QED) is 0.279. The summed E-state index contributed by atoms with van der Waals surface area (Å²) in [6, 6.07) is 0. The zero-order chi connectivity index (χ0) is 20.4. The largest absolute Gasteiger partial charge is 0.469 e. The standard InChI is InChI=1S/C21H32O6/c1-14(2)8-6-9-15(3)10-7-11-16-12-17(20(22)25-4)18(21(23)26-5)13-19(16)27-24/h8,10,12,17-19,24H,6-7,9,11,13H2,1-5H3/b15-10-. The Kier molecular flexibility index (Phi) is 10.0. The molecule has 0 fully saturated rings. The number of carbonyl (C=O) groups excluding carboxylic acids is 2. The monoisotopic (exact) mass is 380 g/mol. The summed E-state index contributed by atoms with van der Waals surface area (Å²) in [5.74, 6) is -2.47. The number of esters is 2. The van der Waals surface area contributed by atoms with E-state index in [0.29, 0.717) is 6.42 Å². The Hall–Kier alpha value is -1.92. The van der Waals surface area contributed by atoms with Crippen LogP contribution in [0.15, 0.2) is 34.9 Å². The summed E-state index contributed by atoms with van der Waals surface area (Å²) in [6.45, 7) is 6.27. The molecule has 1 aliphatic carbocycles. The topological polar surface area (TPSA) is 82.1 Å². The molecule has 3 unspecified atom stereocenters. The molecule has 0 aromatic rings. The fourth-order valence-corrected chi connectivity index (χ4v) is 3.28. The highest BCUT2D eigenvalue weighted by molar-refractivity contribution is 5.84. The number of methoxy groups -OCH3 is 2. The van der Waals surface area contributed by atoms with Crippen LogP contribution in [0.25, 0.3) is 0 Å². The zero-order valence-electron chi connectivity index (χ0n) is 17.0. The van der Waals surface area contributed by atoms with E-state index in [1.807, 2.05) is 0 Å². The van der Waals surface area contributed by atoms with E-state index < -0.39 is 29.9 Å². The summed E-state index contributed by atoms with van der Waals surface area (Å²) in [5.41, 5.74) is 3.40. The summed E-state index contributed by atoms with van der Waals surface area (Å²) < 4.78 is 9.61. The number of rotatable bonds is 9. The summed E-state index contributed by atoms with van der Waals surface area (Å²) in [5, 5.41) is 9.26. The number of carbonyl (C=O) groups is 2. The van der Waals surface area contributed by atoms with Crippen molar-refractivity contribution in [3.63, 3.8) is 0 Å². The Balaban J connectivity index is 2.84. The van der Waals surface area contributed by atoms with Crippen LogP contribution in [0.4, 0.5) is 0 Å². The van der Waals surface area contributed by atoms with Crippen molar-refractivity contribution in [3.05, 3.63) is 34.9 Å². The lowest BCUT2D eigenvalue weighted by Crippen LogP contribution is -2.38. The lowest BCUT2D eigenvalue weighted by Gasteiger charge is -2.31. The van der Waals surface area contributed by atoms with Gasteiger partial charge in [0, 0.05) is 0 Å². The van der Waals surface area contributed by atoms with Gasteiger partial charge in [-0.2, -0.15) is 0 Å². The van der Waals surface area contributed by atoms with Crippen LogP contribution in [0.1, 0.15) is 52.9 Å². The normalized spacial score (nSPS) is 22.7. The van der Waals surface area contributed by atoms with Crippen LogP contribution in [-0.4, -0.2) is 37.5 Å². The molecule has 0 spiro atoms. The Morgan fingerprint density at radius 2 is 1.78 bits per heavy atom. The molecule has 27 heavy (non-hydrogen) atoms. The number of hydrogen-bond acceptors (Lipinski definition) is 6. The highest BCUT2D eigenvalue weighted by Crippen LogP contribution is 2.34. The van der Waals surface area contributed by atoms with Gasteiger partial charge >= 0.3 is 11.9 Å². The maximum atomic E-state index is 12.1. The molecule has 1 aliphatic rings. The van der Waals surface area contributed by atoms with Gasteiger partial charge < -0.3 is 9.47 Å². The van der Waals surface area contributed by atoms with Gasteiger partial charge in [-0.15, -0.1) is 0 Å². The van der Waals surface area contributed by atoms with E-state index in [4.69, 9.17) is 9.47 Å². The van der Waals surface area contributed by atoms with E-state index in [0.717, 1.165) is 24.8 Å². The third-order valence-corrected chi connectivity index (χ3v) is 4.83. The van der Waals surface area contributed by atoms with E-state index in [9.17, 15) is 14.8 Å². The smallest absolute Gasteiger partial charge is 0.313 e. The van der Waals surface area contributed by atoms with E-state index in [1.165, 1.54) is 25.4 Å². The molecule has 0 bridgehead atoms.